The van der Waals surface area contributed by atoms with Crippen LogP contribution in [-0.2, 0) is 15.8 Å². The predicted octanol–water partition coefficient (Wildman–Crippen LogP) is 4.37. The van der Waals surface area contributed by atoms with Crippen LogP contribution in [0.15, 0.2) is 63.1 Å². The number of hydrogen-bond donors (Lipinski definition) is 0. The Hall–Kier alpha value is -2.16. The molecule has 0 atom stereocenters. The second kappa shape index (κ2) is 8.89. The molecule has 0 aliphatic carbocycles. The molecular formula is C20H23N3O3S2. The number of aromatic nitrogens is 2. The first-order valence-electron chi connectivity index (χ1n) is 9.07. The van der Waals surface area contributed by atoms with Crippen molar-refractivity contribution < 1.29 is 12.8 Å². The molecule has 0 N–H and O–H groups in total. The first-order chi connectivity index (χ1) is 13.5. The molecule has 8 heteroatoms. The first-order valence-corrected chi connectivity index (χ1v) is 11.5. The van der Waals surface area contributed by atoms with Gasteiger partial charge in [-0.1, -0.05) is 55.9 Å². The maximum absolute atomic E-state index is 12.7. The van der Waals surface area contributed by atoms with Gasteiger partial charge in [0.1, 0.15) is 0 Å². The van der Waals surface area contributed by atoms with Crippen molar-refractivity contribution in [1.29, 1.82) is 0 Å². The molecule has 0 aliphatic heterocycles. The van der Waals surface area contributed by atoms with Gasteiger partial charge in [0.15, 0.2) is 0 Å². The molecule has 0 spiro atoms. The number of aryl methyl sites for hydroxylation is 1. The third-order valence-electron chi connectivity index (χ3n) is 4.44. The summed E-state index contributed by atoms with van der Waals surface area (Å²) in [5.74, 6) is 1.04. The van der Waals surface area contributed by atoms with Gasteiger partial charge in [-0.15, -0.1) is 10.2 Å². The van der Waals surface area contributed by atoms with Gasteiger partial charge in [0.25, 0.3) is 5.22 Å². The van der Waals surface area contributed by atoms with Crippen molar-refractivity contribution in [2.45, 2.75) is 36.6 Å². The van der Waals surface area contributed by atoms with Crippen LogP contribution in [0.25, 0.3) is 11.5 Å². The van der Waals surface area contributed by atoms with Crippen LogP contribution in [0.3, 0.4) is 0 Å². The van der Waals surface area contributed by atoms with E-state index < -0.39 is 10.0 Å². The highest BCUT2D eigenvalue weighted by atomic mass is 32.2. The van der Waals surface area contributed by atoms with Gasteiger partial charge in [-0.05, 0) is 36.2 Å². The number of thioether (sulfide) groups is 1. The Kier molecular flexibility index (Phi) is 6.53. The molecule has 3 aromatic rings. The van der Waals surface area contributed by atoms with E-state index >= 15 is 0 Å². The first kappa shape index (κ1) is 20.6. The second-order valence-electron chi connectivity index (χ2n) is 6.21. The fourth-order valence-corrected chi connectivity index (χ4v) is 5.14. The van der Waals surface area contributed by atoms with Gasteiger partial charge >= 0.3 is 0 Å². The molecule has 3 rings (SSSR count). The number of hydrogen-bond acceptors (Lipinski definition) is 6. The lowest BCUT2D eigenvalue weighted by Gasteiger charge is -2.18. The van der Waals surface area contributed by atoms with E-state index in [0.29, 0.717) is 29.8 Å². The lowest BCUT2D eigenvalue weighted by molar-refractivity contribution is 0.445. The van der Waals surface area contributed by atoms with Crippen LogP contribution in [0.2, 0.25) is 0 Å². The molecule has 0 radical (unpaired) electrons. The second-order valence-corrected chi connectivity index (χ2v) is 9.07. The smallest absolute Gasteiger partial charge is 0.277 e. The van der Waals surface area contributed by atoms with Crippen molar-refractivity contribution in [2.24, 2.45) is 0 Å². The molecule has 1 aromatic heterocycles. The van der Waals surface area contributed by atoms with E-state index in [9.17, 15) is 8.42 Å². The van der Waals surface area contributed by atoms with E-state index in [4.69, 9.17) is 4.42 Å². The lowest BCUT2D eigenvalue weighted by atomic mass is 10.1. The molecule has 148 valence electrons. The molecular weight excluding hydrogens is 394 g/mol. The quantitative estimate of drug-likeness (QED) is 0.507. The molecule has 0 fully saturated rings. The van der Waals surface area contributed by atoms with Crippen molar-refractivity contribution in [3.8, 4) is 11.5 Å². The van der Waals surface area contributed by atoms with E-state index in [1.165, 1.54) is 27.2 Å². The van der Waals surface area contributed by atoms with E-state index in [1.54, 1.807) is 24.3 Å². The number of benzene rings is 2. The Morgan fingerprint density at radius 1 is 1.04 bits per heavy atom. The van der Waals surface area contributed by atoms with Gasteiger partial charge in [-0.25, -0.2) is 8.42 Å². The van der Waals surface area contributed by atoms with Crippen LogP contribution >= 0.6 is 11.8 Å². The number of nitrogens with zero attached hydrogens (tertiary/aromatic N) is 3. The molecule has 0 saturated carbocycles. The third-order valence-corrected chi connectivity index (χ3v) is 7.36. The zero-order chi connectivity index (χ0) is 20.1. The Balaban J connectivity index is 1.79. The maximum Gasteiger partial charge on any atom is 0.277 e. The van der Waals surface area contributed by atoms with E-state index in [0.717, 1.165) is 5.75 Å². The number of rotatable bonds is 8. The van der Waals surface area contributed by atoms with Gasteiger partial charge in [0, 0.05) is 24.4 Å². The summed E-state index contributed by atoms with van der Waals surface area (Å²) in [6, 6.07) is 14.8. The highest BCUT2D eigenvalue weighted by Crippen LogP contribution is 2.28. The average Bonchev–Trinajstić information content (AvgIpc) is 3.17. The SMILES string of the molecule is CCN(CC)S(=O)(=O)c1cccc(-c2nnc(SCc3ccccc3C)o2)c1. The summed E-state index contributed by atoms with van der Waals surface area (Å²) in [4.78, 5) is 0.223. The van der Waals surface area contributed by atoms with Crippen molar-refractivity contribution in [3.05, 3.63) is 59.7 Å². The Bertz CT molecular complexity index is 1040. The molecule has 0 saturated heterocycles. The van der Waals surface area contributed by atoms with Gasteiger partial charge in [-0.3, -0.25) is 0 Å². The highest BCUT2D eigenvalue weighted by molar-refractivity contribution is 7.98. The van der Waals surface area contributed by atoms with Gasteiger partial charge in [0.2, 0.25) is 15.9 Å². The minimum Gasteiger partial charge on any atom is -0.411 e. The summed E-state index contributed by atoms with van der Waals surface area (Å²) in [5.41, 5.74) is 3.01. The van der Waals surface area contributed by atoms with Crippen LogP contribution < -0.4 is 0 Å². The van der Waals surface area contributed by atoms with Crippen LogP contribution in [0.4, 0.5) is 0 Å². The van der Waals surface area contributed by atoms with Crippen LogP contribution in [0.5, 0.6) is 0 Å². The topological polar surface area (TPSA) is 76.3 Å². The molecule has 0 unspecified atom stereocenters. The van der Waals surface area contributed by atoms with Gasteiger partial charge in [-0.2, -0.15) is 4.31 Å². The zero-order valence-corrected chi connectivity index (χ0v) is 17.8. The summed E-state index contributed by atoms with van der Waals surface area (Å²) < 4.78 is 32.6. The molecule has 0 aliphatic rings. The van der Waals surface area contributed by atoms with Crippen molar-refractivity contribution in [2.75, 3.05) is 13.1 Å². The standard InChI is InChI=1S/C20H23N3O3S2/c1-4-23(5-2)28(24,25)18-12-8-11-16(13-18)19-21-22-20(26-19)27-14-17-10-7-6-9-15(17)3/h6-13H,4-5,14H2,1-3H3. The van der Waals surface area contributed by atoms with Gasteiger partial charge in [0.05, 0.1) is 4.90 Å². The summed E-state index contributed by atoms with van der Waals surface area (Å²) in [6.45, 7) is 6.55. The summed E-state index contributed by atoms with van der Waals surface area (Å²) >= 11 is 1.46. The largest absolute Gasteiger partial charge is 0.411 e. The van der Waals surface area contributed by atoms with Crippen molar-refractivity contribution in [1.82, 2.24) is 14.5 Å². The number of sulfonamides is 1. The van der Waals surface area contributed by atoms with E-state index in [1.807, 2.05) is 26.0 Å². The molecule has 2 aromatic carbocycles. The summed E-state index contributed by atoms with van der Waals surface area (Å²) in [6.07, 6.45) is 0. The highest BCUT2D eigenvalue weighted by Gasteiger charge is 2.22. The van der Waals surface area contributed by atoms with Crippen LogP contribution in [0, 0.1) is 6.92 Å². The Labute approximate surface area is 170 Å². The van der Waals surface area contributed by atoms with Crippen LogP contribution in [0.1, 0.15) is 25.0 Å². The molecule has 1 heterocycles. The minimum absolute atomic E-state index is 0.223. The fourth-order valence-electron chi connectivity index (χ4n) is 2.80. The lowest BCUT2D eigenvalue weighted by Crippen LogP contribution is -2.30. The Morgan fingerprint density at radius 3 is 2.50 bits per heavy atom. The third kappa shape index (κ3) is 4.45. The summed E-state index contributed by atoms with van der Waals surface area (Å²) in [5, 5.41) is 8.62. The molecule has 28 heavy (non-hydrogen) atoms. The van der Waals surface area contributed by atoms with E-state index in [2.05, 4.69) is 29.3 Å². The van der Waals surface area contributed by atoms with Gasteiger partial charge < -0.3 is 4.42 Å². The minimum atomic E-state index is -3.54. The predicted molar refractivity (Wildman–Crippen MR) is 111 cm³/mol. The maximum atomic E-state index is 12.7. The Morgan fingerprint density at radius 2 is 1.79 bits per heavy atom. The van der Waals surface area contributed by atoms with Crippen LogP contribution in [-0.4, -0.2) is 36.0 Å². The van der Waals surface area contributed by atoms with E-state index in [-0.39, 0.29) is 4.90 Å². The van der Waals surface area contributed by atoms with Crippen molar-refractivity contribution >= 4 is 21.8 Å². The zero-order valence-electron chi connectivity index (χ0n) is 16.1. The monoisotopic (exact) mass is 417 g/mol. The summed E-state index contributed by atoms with van der Waals surface area (Å²) in [7, 11) is -3.54. The molecule has 6 nitrogen and oxygen atoms in total. The average molecular weight is 418 g/mol. The van der Waals surface area contributed by atoms with Crippen molar-refractivity contribution in [3.63, 3.8) is 0 Å². The fraction of sp³-hybridized carbons (Fsp3) is 0.300. The normalized spacial score (nSPS) is 11.9. The molecule has 0 amide bonds. The molecule has 0 bridgehead atoms.